The molecule has 0 aliphatic rings. The molecule has 0 unspecified atom stereocenters. The molecular formula is C12H12N6OS2. The number of aromatic nitrogens is 5. The molecule has 0 saturated carbocycles. The fourth-order valence-corrected chi connectivity index (χ4v) is 3.36. The Balaban J connectivity index is 1.81. The van der Waals surface area contributed by atoms with Crippen LogP contribution in [0, 0.1) is 6.92 Å². The van der Waals surface area contributed by atoms with Crippen molar-refractivity contribution in [3.05, 3.63) is 38.7 Å². The average Bonchev–Trinajstić information content (AvgIpc) is 3.18. The van der Waals surface area contributed by atoms with Crippen molar-refractivity contribution < 1.29 is 4.79 Å². The molecule has 3 aromatic rings. The maximum atomic E-state index is 12.6. The smallest absolute Gasteiger partial charge is 0.266 e. The monoisotopic (exact) mass is 320 g/mol. The van der Waals surface area contributed by atoms with Gasteiger partial charge in [0.2, 0.25) is 0 Å². The van der Waals surface area contributed by atoms with Crippen molar-refractivity contribution >= 4 is 28.6 Å². The Kier molecular flexibility index (Phi) is 3.76. The van der Waals surface area contributed by atoms with Crippen molar-refractivity contribution in [3.8, 4) is 5.69 Å². The van der Waals surface area contributed by atoms with Gasteiger partial charge in [-0.3, -0.25) is 4.79 Å². The number of amides is 1. The van der Waals surface area contributed by atoms with E-state index in [0.29, 0.717) is 17.1 Å². The summed E-state index contributed by atoms with van der Waals surface area (Å²) in [5.74, 6) is -0.0684. The van der Waals surface area contributed by atoms with Gasteiger partial charge in [0.1, 0.15) is 11.2 Å². The molecule has 0 fully saturated rings. The van der Waals surface area contributed by atoms with Gasteiger partial charge in [0, 0.05) is 12.4 Å². The molecule has 3 heterocycles. The topological polar surface area (TPSA) is 76.8 Å². The molecule has 0 aliphatic carbocycles. The first-order valence-corrected chi connectivity index (χ1v) is 7.88. The summed E-state index contributed by atoms with van der Waals surface area (Å²) in [6.07, 6.45) is 1.47. The number of thiazole rings is 1. The molecule has 0 radical (unpaired) electrons. The predicted octanol–water partition coefficient (Wildman–Crippen LogP) is 1.76. The standard InChI is InChI=1S/C12H12N6OS2/c1-8-14-9(6-21-8)5-17(2)12(19)11-10(3-4-20-11)18-7-13-15-16-18/h3-4,6-7H,5H2,1-2H3. The SMILES string of the molecule is Cc1nc(CN(C)C(=O)c2sccc2-n2cnnn2)cs1. The number of nitrogens with zero attached hydrogens (tertiary/aromatic N) is 6. The summed E-state index contributed by atoms with van der Waals surface area (Å²) in [5.41, 5.74) is 1.59. The molecule has 7 nitrogen and oxygen atoms in total. The van der Waals surface area contributed by atoms with E-state index in [1.165, 1.54) is 22.3 Å². The Morgan fingerprint density at radius 3 is 2.95 bits per heavy atom. The Morgan fingerprint density at radius 2 is 2.29 bits per heavy atom. The second-order valence-corrected chi connectivity index (χ2v) is 6.39. The third-order valence-corrected chi connectivity index (χ3v) is 4.56. The highest BCUT2D eigenvalue weighted by atomic mass is 32.1. The largest absolute Gasteiger partial charge is 0.335 e. The van der Waals surface area contributed by atoms with Crippen LogP contribution in [0.5, 0.6) is 0 Å². The van der Waals surface area contributed by atoms with E-state index in [-0.39, 0.29) is 5.91 Å². The number of thiophene rings is 1. The highest BCUT2D eigenvalue weighted by molar-refractivity contribution is 7.12. The fourth-order valence-electron chi connectivity index (χ4n) is 1.88. The highest BCUT2D eigenvalue weighted by Gasteiger charge is 2.20. The van der Waals surface area contributed by atoms with E-state index in [4.69, 9.17) is 0 Å². The molecule has 0 atom stereocenters. The van der Waals surface area contributed by atoms with Gasteiger partial charge in [0.25, 0.3) is 5.91 Å². The Bertz CT molecular complexity index is 747. The molecule has 3 rings (SSSR count). The third-order valence-electron chi connectivity index (χ3n) is 2.85. The van der Waals surface area contributed by atoms with Crippen LogP contribution in [0.1, 0.15) is 20.4 Å². The zero-order valence-electron chi connectivity index (χ0n) is 11.4. The molecule has 21 heavy (non-hydrogen) atoms. The minimum atomic E-state index is -0.0684. The normalized spacial score (nSPS) is 10.8. The van der Waals surface area contributed by atoms with Crippen molar-refractivity contribution in [2.24, 2.45) is 0 Å². The molecule has 3 aromatic heterocycles. The van der Waals surface area contributed by atoms with Crippen molar-refractivity contribution in [2.75, 3.05) is 7.05 Å². The van der Waals surface area contributed by atoms with Gasteiger partial charge >= 0.3 is 0 Å². The van der Waals surface area contributed by atoms with E-state index in [1.54, 1.807) is 23.3 Å². The minimum absolute atomic E-state index is 0.0684. The highest BCUT2D eigenvalue weighted by Crippen LogP contribution is 2.22. The van der Waals surface area contributed by atoms with Crippen LogP contribution in [0.15, 0.2) is 23.2 Å². The van der Waals surface area contributed by atoms with E-state index in [0.717, 1.165) is 10.7 Å². The molecule has 0 spiro atoms. The lowest BCUT2D eigenvalue weighted by Gasteiger charge is -2.15. The van der Waals surface area contributed by atoms with Crippen LogP contribution >= 0.6 is 22.7 Å². The lowest BCUT2D eigenvalue weighted by Crippen LogP contribution is -2.26. The molecule has 0 aromatic carbocycles. The molecular weight excluding hydrogens is 308 g/mol. The van der Waals surface area contributed by atoms with Gasteiger partial charge in [-0.15, -0.1) is 27.8 Å². The first kappa shape index (κ1) is 13.8. The summed E-state index contributed by atoms with van der Waals surface area (Å²) in [7, 11) is 1.76. The van der Waals surface area contributed by atoms with E-state index >= 15 is 0 Å². The third kappa shape index (κ3) is 2.83. The molecule has 9 heteroatoms. The number of carbonyl (C=O) groups excluding carboxylic acids is 1. The first-order valence-electron chi connectivity index (χ1n) is 6.12. The van der Waals surface area contributed by atoms with Crippen LogP contribution < -0.4 is 0 Å². The number of rotatable bonds is 4. The van der Waals surface area contributed by atoms with Crippen molar-refractivity contribution in [1.29, 1.82) is 0 Å². The molecule has 108 valence electrons. The molecule has 0 N–H and O–H groups in total. The summed E-state index contributed by atoms with van der Waals surface area (Å²) in [5, 5.41) is 15.8. The number of hydrogen-bond acceptors (Lipinski definition) is 7. The maximum absolute atomic E-state index is 12.6. The quantitative estimate of drug-likeness (QED) is 0.732. The van der Waals surface area contributed by atoms with E-state index in [9.17, 15) is 4.79 Å². The molecule has 0 bridgehead atoms. The summed E-state index contributed by atoms with van der Waals surface area (Å²) >= 11 is 2.95. The second-order valence-electron chi connectivity index (χ2n) is 4.41. The van der Waals surface area contributed by atoms with Gasteiger partial charge in [0.05, 0.1) is 22.9 Å². The predicted molar refractivity (Wildman–Crippen MR) is 79.7 cm³/mol. The van der Waals surface area contributed by atoms with E-state index in [1.807, 2.05) is 23.8 Å². The first-order chi connectivity index (χ1) is 10.1. The van der Waals surface area contributed by atoms with Crippen LogP contribution in [0.25, 0.3) is 5.69 Å². The summed E-state index contributed by atoms with van der Waals surface area (Å²) in [6, 6.07) is 1.83. The molecule has 0 aliphatic heterocycles. The van der Waals surface area contributed by atoms with Gasteiger partial charge in [-0.05, 0) is 28.8 Å². The zero-order chi connectivity index (χ0) is 14.8. The van der Waals surface area contributed by atoms with Crippen LogP contribution in [-0.2, 0) is 6.54 Å². The van der Waals surface area contributed by atoms with Crippen LogP contribution in [0.2, 0.25) is 0 Å². The van der Waals surface area contributed by atoms with Crippen LogP contribution in [0.4, 0.5) is 0 Å². The van der Waals surface area contributed by atoms with Gasteiger partial charge in [-0.1, -0.05) is 0 Å². The number of hydrogen-bond donors (Lipinski definition) is 0. The van der Waals surface area contributed by atoms with Gasteiger partial charge in [-0.25, -0.2) is 4.98 Å². The summed E-state index contributed by atoms with van der Waals surface area (Å²) < 4.78 is 1.49. The van der Waals surface area contributed by atoms with Gasteiger partial charge in [0.15, 0.2) is 0 Å². The van der Waals surface area contributed by atoms with Gasteiger partial charge in [-0.2, -0.15) is 4.68 Å². The zero-order valence-corrected chi connectivity index (χ0v) is 13.1. The average molecular weight is 320 g/mol. The van der Waals surface area contributed by atoms with Crippen molar-refractivity contribution in [1.82, 2.24) is 30.1 Å². The van der Waals surface area contributed by atoms with Crippen LogP contribution in [-0.4, -0.2) is 43.0 Å². The fraction of sp³-hybridized carbons (Fsp3) is 0.250. The lowest BCUT2D eigenvalue weighted by molar-refractivity contribution is 0.0788. The minimum Gasteiger partial charge on any atom is -0.335 e. The summed E-state index contributed by atoms with van der Waals surface area (Å²) in [6.45, 7) is 2.43. The lowest BCUT2D eigenvalue weighted by atomic mass is 10.3. The Labute approximate surface area is 128 Å². The van der Waals surface area contributed by atoms with Crippen LogP contribution in [0.3, 0.4) is 0 Å². The van der Waals surface area contributed by atoms with Crippen molar-refractivity contribution in [3.63, 3.8) is 0 Å². The Morgan fingerprint density at radius 1 is 1.43 bits per heavy atom. The Hall–Kier alpha value is -2.13. The van der Waals surface area contributed by atoms with Crippen molar-refractivity contribution in [2.45, 2.75) is 13.5 Å². The maximum Gasteiger partial charge on any atom is 0.266 e. The summed E-state index contributed by atoms with van der Waals surface area (Å²) in [4.78, 5) is 19.2. The van der Waals surface area contributed by atoms with Gasteiger partial charge < -0.3 is 4.90 Å². The number of aryl methyl sites for hydroxylation is 1. The molecule has 1 amide bonds. The number of tetrazole rings is 1. The molecule has 0 saturated heterocycles. The van der Waals surface area contributed by atoms with E-state index < -0.39 is 0 Å². The number of carbonyl (C=O) groups is 1. The van der Waals surface area contributed by atoms with E-state index in [2.05, 4.69) is 20.5 Å². The second kappa shape index (κ2) is 5.70.